The number of nitriles is 1. The van der Waals surface area contributed by atoms with Gasteiger partial charge in [-0.25, -0.2) is 9.88 Å². The predicted molar refractivity (Wildman–Crippen MR) is 185 cm³/mol. The lowest BCUT2D eigenvalue weighted by Gasteiger charge is -2.57. The maximum absolute atomic E-state index is 13.1. The highest BCUT2D eigenvalue weighted by Crippen LogP contribution is 2.53. The van der Waals surface area contributed by atoms with Gasteiger partial charge in [0.1, 0.15) is 29.0 Å². The lowest BCUT2D eigenvalue weighted by molar-refractivity contribution is -0.0366. The van der Waals surface area contributed by atoms with Crippen molar-refractivity contribution in [3.63, 3.8) is 0 Å². The van der Waals surface area contributed by atoms with E-state index in [1.165, 1.54) is 12.1 Å². The van der Waals surface area contributed by atoms with Crippen LogP contribution in [0.5, 0.6) is 5.75 Å². The number of H-pyrrole nitrogens is 1. The van der Waals surface area contributed by atoms with Crippen LogP contribution >= 0.6 is 0 Å². The number of piperazine rings is 1. The van der Waals surface area contributed by atoms with Crippen LogP contribution in [0, 0.1) is 22.2 Å². The van der Waals surface area contributed by atoms with Gasteiger partial charge < -0.3 is 19.9 Å². The Morgan fingerprint density at radius 1 is 0.959 bits per heavy atom. The number of imide groups is 1. The molecule has 6 rings (SSSR count). The summed E-state index contributed by atoms with van der Waals surface area (Å²) in [5, 5.41) is 12.2. The minimum atomic E-state index is -0.687. The number of pyridine rings is 2. The van der Waals surface area contributed by atoms with E-state index in [1.54, 1.807) is 24.4 Å². The molecule has 2 aromatic heterocycles. The molecule has 0 radical (unpaired) electrons. The first-order chi connectivity index (χ1) is 23.4. The number of anilines is 2. The highest BCUT2D eigenvalue weighted by molar-refractivity contribution is 6.34. The maximum atomic E-state index is 13.1. The van der Waals surface area contributed by atoms with Gasteiger partial charge in [-0.05, 0) is 85.5 Å². The molecule has 4 heterocycles. The lowest BCUT2D eigenvalue weighted by Crippen LogP contribution is -2.63. The van der Waals surface area contributed by atoms with Crippen molar-refractivity contribution in [2.75, 3.05) is 49.1 Å². The molecule has 2 N–H and O–H groups in total. The van der Waals surface area contributed by atoms with E-state index in [4.69, 9.17) is 10.00 Å². The number of benzene rings is 1. The second-order valence-electron chi connectivity index (χ2n) is 14.6. The number of aromatic amines is 1. The summed E-state index contributed by atoms with van der Waals surface area (Å²) in [6, 6.07) is 13.2. The van der Waals surface area contributed by atoms with E-state index in [2.05, 4.69) is 52.8 Å². The smallest absolute Gasteiger partial charge is 0.273 e. The van der Waals surface area contributed by atoms with Crippen molar-refractivity contribution in [1.82, 2.24) is 20.2 Å². The molecule has 1 aromatic carbocycles. The van der Waals surface area contributed by atoms with Gasteiger partial charge in [0, 0.05) is 38.4 Å². The number of amides is 3. The van der Waals surface area contributed by atoms with Gasteiger partial charge in [0.25, 0.3) is 23.3 Å². The topological polar surface area (TPSA) is 152 Å². The van der Waals surface area contributed by atoms with E-state index in [1.807, 2.05) is 18.2 Å². The number of hydrogen-bond donors (Lipinski definition) is 2. The number of unbranched alkanes of at least 4 members (excludes halogenated alkanes) is 2. The summed E-state index contributed by atoms with van der Waals surface area (Å²) in [6.07, 6.45) is 5.63. The highest BCUT2D eigenvalue weighted by atomic mass is 16.5. The third kappa shape index (κ3) is 6.94. The van der Waals surface area contributed by atoms with Crippen molar-refractivity contribution < 1.29 is 19.1 Å². The first kappa shape index (κ1) is 33.9. The van der Waals surface area contributed by atoms with E-state index >= 15 is 0 Å². The molecular weight excluding hydrogens is 622 g/mol. The van der Waals surface area contributed by atoms with E-state index < -0.39 is 17.4 Å². The van der Waals surface area contributed by atoms with Crippen LogP contribution in [0.1, 0.15) is 90.1 Å². The Morgan fingerprint density at radius 3 is 2.35 bits per heavy atom. The molecule has 1 saturated carbocycles. The molecule has 0 bridgehead atoms. The summed E-state index contributed by atoms with van der Waals surface area (Å²) < 4.78 is 5.90. The van der Waals surface area contributed by atoms with Gasteiger partial charge in [0.2, 0.25) is 0 Å². The fourth-order valence-corrected chi connectivity index (χ4v) is 7.86. The first-order valence-electron chi connectivity index (χ1n) is 16.9. The van der Waals surface area contributed by atoms with Gasteiger partial charge in [-0.2, -0.15) is 5.26 Å². The molecule has 49 heavy (non-hydrogen) atoms. The van der Waals surface area contributed by atoms with E-state index in [0.717, 1.165) is 69.1 Å². The fraction of sp³-hybridized carbons (Fsp3) is 0.459. The van der Waals surface area contributed by atoms with Gasteiger partial charge in [0.05, 0.1) is 23.3 Å². The zero-order valence-electron chi connectivity index (χ0n) is 28.5. The Morgan fingerprint density at radius 2 is 1.69 bits per heavy atom. The minimum absolute atomic E-state index is 0.0411. The summed E-state index contributed by atoms with van der Waals surface area (Å²) in [4.78, 5) is 63.8. The van der Waals surface area contributed by atoms with E-state index in [9.17, 15) is 19.2 Å². The Bertz CT molecular complexity index is 1840. The Kier molecular flexibility index (Phi) is 9.31. The normalized spacial score (nSPS) is 18.5. The van der Waals surface area contributed by atoms with E-state index in [-0.39, 0.29) is 45.3 Å². The monoisotopic (exact) mass is 665 g/mol. The van der Waals surface area contributed by atoms with Crippen LogP contribution in [-0.4, -0.2) is 78.0 Å². The number of aromatic nitrogens is 2. The maximum Gasteiger partial charge on any atom is 0.273 e. The molecule has 1 saturated heterocycles. The molecule has 3 aromatic rings. The number of rotatable bonds is 11. The minimum Gasteiger partial charge on any atom is -0.494 e. The number of carbonyl (C=O) groups is 3. The molecule has 12 nitrogen and oxygen atoms in total. The van der Waals surface area contributed by atoms with Crippen LogP contribution in [0.25, 0.3) is 0 Å². The zero-order chi connectivity index (χ0) is 34.9. The number of ether oxygens (including phenoxy) is 1. The third-order valence-corrected chi connectivity index (χ3v) is 9.95. The average molecular weight is 666 g/mol. The predicted octanol–water partition coefficient (Wildman–Crippen LogP) is 4.37. The molecule has 0 atom stereocenters. The summed E-state index contributed by atoms with van der Waals surface area (Å²) in [6.45, 7) is 13.9. The molecule has 3 aliphatic rings. The lowest BCUT2D eigenvalue weighted by atomic mass is 9.52. The molecule has 0 spiro atoms. The molecule has 3 amide bonds. The van der Waals surface area contributed by atoms with E-state index in [0.29, 0.717) is 17.9 Å². The number of fused-ring (bicyclic) bond motifs is 1. The highest BCUT2D eigenvalue weighted by Gasteiger charge is 2.53. The average Bonchev–Trinajstić information content (AvgIpc) is 3.33. The molecule has 256 valence electrons. The standard InChI is InChI=1S/C37H43N7O5/c1-36(2)23-37(3,4)35(36)41-31(45)24-8-13-30(39-22-24)43-17-15-42(16-18-43)14-6-5-7-19-49-26-10-11-27-28(20-26)34(48)44(33(27)47)29-12-9-25(21-38)40-32(29)46/h8-13,20,22,35H,5-7,14-19,23H2,1-4H3,(H,40,46)(H,41,45). The number of nitrogens with zero attached hydrogens (tertiary/aromatic N) is 5. The summed E-state index contributed by atoms with van der Waals surface area (Å²) >= 11 is 0. The fourth-order valence-electron chi connectivity index (χ4n) is 7.86. The SMILES string of the molecule is CC1(C)CC(C)(C)C1NC(=O)c1ccc(N2CCN(CCCCCOc3ccc4c(c3)C(=O)N(c3ccc(C#N)[nH]c3=O)C4=O)CC2)nc1. The van der Waals surface area contributed by atoms with Crippen molar-refractivity contribution in [1.29, 1.82) is 5.26 Å². The van der Waals surface area contributed by atoms with Crippen LogP contribution in [0.3, 0.4) is 0 Å². The van der Waals surface area contributed by atoms with Gasteiger partial charge >= 0.3 is 0 Å². The van der Waals surface area contributed by atoms with Crippen molar-refractivity contribution >= 4 is 29.2 Å². The van der Waals surface area contributed by atoms with Crippen molar-refractivity contribution in [3.05, 3.63) is 81.4 Å². The van der Waals surface area contributed by atoms with Crippen LogP contribution in [0.15, 0.2) is 53.5 Å². The molecule has 2 fully saturated rings. The molecule has 0 unspecified atom stereocenters. The Balaban J connectivity index is 0.898. The van der Waals surface area contributed by atoms with Crippen molar-refractivity contribution in [3.8, 4) is 11.8 Å². The number of nitrogens with one attached hydrogen (secondary N) is 2. The first-order valence-corrected chi connectivity index (χ1v) is 16.9. The largest absolute Gasteiger partial charge is 0.494 e. The number of hydrogen-bond acceptors (Lipinski definition) is 9. The molecule has 12 heteroatoms. The third-order valence-electron chi connectivity index (χ3n) is 9.95. The summed E-state index contributed by atoms with van der Waals surface area (Å²) in [7, 11) is 0. The van der Waals surface area contributed by atoms with Crippen LogP contribution < -0.4 is 25.4 Å². The van der Waals surface area contributed by atoms with Gasteiger partial charge in [-0.15, -0.1) is 0 Å². The van der Waals surface area contributed by atoms with Crippen LogP contribution in [-0.2, 0) is 0 Å². The quantitative estimate of drug-likeness (QED) is 0.225. The zero-order valence-corrected chi connectivity index (χ0v) is 28.5. The Hall–Kier alpha value is -5.02. The molecular formula is C37H43N7O5. The van der Waals surface area contributed by atoms with Gasteiger partial charge in [-0.1, -0.05) is 27.7 Å². The molecule has 2 aliphatic heterocycles. The van der Waals surface area contributed by atoms with Crippen LogP contribution in [0.2, 0.25) is 0 Å². The second-order valence-corrected chi connectivity index (χ2v) is 14.6. The van der Waals surface area contributed by atoms with Crippen molar-refractivity contribution in [2.24, 2.45) is 10.8 Å². The second kappa shape index (κ2) is 13.5. The number of carbonyl (C=O) groups excluding carboxylic acids is 3. The van der Waals surface area contributed by atoms with Gasteiger partial charge in [-0.3, -0.25) is 24.1 Å². The van der Waals surface area contributed by atoms with Crippen LogP contribution in [0.4, 0.5) is 11.5 Å². The van der Waals surface area contributed by atoms with Gasteiger partial charge in [0.15, 0.2) is 0 Å². The van der Waals surface area contributed by atoms with Crippen molar-refractivity contribution in [2.45, 2.75) is 59.4 Å². The summed E-state index contributed by atoms with van der Waals surface area (Å²) in [5.41, 5.74) is 0.395. The molecule has 1 aliphatic carbocycles. The Labute approximate surface area is 286 Å². The summed E-state index contributed by atoms with van der Waals surface area (Å²) in [5.74, 6) is 0.124.